The maximum atomic E-state index is 4.60. The maximum Gasteiger partial charge on any atom is 0.245 e. The van der Waals surface area contributed by atoms with Crippen LogP contribution in [0.1, 0.15) is 0 Å². The lowest BCUT2D eigenvalue weighted by Crippen LogP contribution is -2.04. The standard InChI is InChI=1S/C10H5N5OS/c1-2-4-6-5(3-1)11-9-10(17-6)13-8-7(12-9)14-16-15-8/h1-4H,(H,11,12,14). The third-order valence-corrected chi connectivity index (χ3v) is 3.48. The van der Waals surface area contributed by atoms with E-state index in [9.17, 15) is 0 Å². The van der Waals surface area contributed by atoms with Crippen LogP contribution in [0.3, 0.4) is 0 Å². The molecule has 0 radical (unpaired) electrons. The van der Waals surface area contributed by atoms with Gasteiger partial charge in [-0.05, 0) is 22.4 Å². The van der Waals surface area contributed by atoms with Gasteiger partial charge in [-0.25, -0.2) is 14.6 Å². The van der Waals surface area contributed by atoms with Crippen molar-refractivity contribution in [2.75, 3.05) is 5.32 Å². The van der Waals surface area contributed by atoms with Crippen molar-refractivity contribution in [3.8, 4) is 0 Å². The molecule has 0 saturated heterocycles. The van der Waals surface area contributed by atoms with Crippen LogP contribution < -0.4 is 5.32 Å². The van der Waals surface area contributed by atoms with Gasteiger partial charge in [-0.1, -0.05) is 23.9 Å². The molecule has 1 aliphatic rings. The summed E-state index contributed by atoms with van der Waals surface area (Å²) in [5.74, 6) is 0.692. The molecule has 0 amide bonds. The van der Waals surface area contributed by atoms with Crippen LogP contribution in [-0.4, -0.2) is 20.3 Å². The zero-order chi connectivity index (χ0) is 11.2. The molecule has 0 atom stereocenters. The summed E-state index contributed by atoms with van der Waals surface area (Å²) in [7, 11) is 0. The van der Waals surface area contributed by atoms with Crippen molar-refractivity contribution in [3.05, 3.63) is 24.3 Å². The number of nitrogens with one attached hydrogen (secondary N) is 1. The van der Waals surface area contributed by atoms with Crippen molar-refractivity contribution < 1.29 is 4.63 Å². The Morgan fingerprint density at radius 1 is 1.06 bits per heavy atom. The SMILES string of the molecule is c1ccc2c(c1)Nc1nc3nonc3nc1S2. The first-order valence-electron chi connectivity index (χ1n) is 4.94. The van der Waals surface area contributed by atoms with E-state index in [1.54, 1.807) is 11.8 Å². The molecule has 0 spiro atoms. The van der Waals surface area contributed by atoms with E-state index in [4.69, 9.17) is 0 Å². The molecule has 1 aromatic carbocycles. The Morgan fingerprint density at radius 3 is 2.82 bits per heavy atom. The third-order valence-electron chi connectivity index (χ3n) is 2.43. The van der Waals surface area contributed by atoms with E-state index >= 15 is 0 Å². The smallest absolute Gasteiger partial charge is 0.245 e. The van der Waals surface area contributed by atoms with Crippen LogP contribution >= 0.6 is 11.8 Å². The van der Waals surface area contributed by atoms with Crippen molar-refractivity contribution in [3.63, 3.8) is 0 Å². The minimum Gasteiger partial charge on any atom is -0.337 e. The van der Waals surface area contributed by atoms with Crippen LogP contribution in [0.4, 0.5) is 11.5 Å². The Kier molecular flexibility index (Phi) is 1.67. The first-order valence-corrected chi connectivity index (χ1v) is 5.76. The maximum absolute atomic E-state index is 4.60. The molecule has 0 aliphatic carbocycles. The van der Waals surface area contributed by atoms with Gasteiger partial charge in [-0.2, -0.15) is 0 Å². The summed E-state index contributed by atoms with van der Waals surface area (Å²) in [6, 6.07) is 7.99. The fraction of sp³-hybridized carbons (Fsp3) is 0. The summed E-state index contributed by atoms with van der Waals surface area (Å²) in [6.07, 6.45) is 0. The predicted molar refractivity (Wildman–Crippen MR) is 61.2 cm³/mol. The van der Waals surface area contributed by atoms with Crippen molar-refractivity contribution >= 4 is 34.6 Å². The Morgan fingerprint density at radius 2 is 1.88 bits per heavy atom. The minimum absolute atomic E-state index is 0.413. The molecule has 2 aromatic heterocycles. The first-order chi connectivity index (χ1) is 8.40. The van der Waals surface area contributed by atoms with Crippen LogP contribution in [0.15, 0.2) is 38.8 Å². The summed E-state index contributed by atoms with van der Waals surface area (Å²) < 4.78 is 4.60. The highest BCUT2D eigenvalue weighted by Gasteiger charge is 2.20. The van der Waals surface area contributed by atoms with E-state index in [1.807, 2.05) is 24.3 Å². The highest BCUT2D eigenvalue weighted by atomic mass is 32.2. The molecule has 0 bridgehead atoms. The first kappa shape index (κ1) is 8.94. The van der Waals surface area contributed by atoms with Gasteiger partial charge in [0.05, 0.1) is 5.69 Å². The molecular formula is C10H5N5OS. The molecule has 6 nitrogen and oxygen atoms in total. The predicted octanol–water partition coefficient (Wildman–Crippen LogP) is 2.22. The Labute approximate surface area is 99.4 Å². The van der Waals surface area contributed by atoms with Crippen molar-refractivity contribution in [2.45, 2.75) is 9.92 Å². The molecule has 82 valence electrons. The Balaban J connectivity index is 1.93. The van der Waals surface area contributed by atoms with E-state index in [1.165, 1.54) is 0 Å². The van der Waals surface area contributed by atoms with Gasteiger partial charge in [0.1, 0.15) is 5.03 Å². The molecule has 1 aliphatic heterocycles. The minimum atomic E-state index is 0.413. The van der Waals surface area contributed by atoms with Crippen LogP contribution in [0, 0.1) is 0 Å². The molecule has 0 unspecified atom stereocenters. The normalized spacial score (nSPS) is 12.9. The van der Waals surface area contributed by atoms with E-state index in [0.29, 0.717) is 17.1 Å². The van der Waals surface area contributed by atoms with E-state index in [0.717, 1.165) is 15.6 Å². The number of para-hydroxylation sites is 1. The van der Waals surface area contributed by atoms with Gasteiger partial charge in [0.2, 0.25) is 11.3 Å². The van der Waals surface area contributed by atoms with Crippen molar-refractivity contribution in [1.82, 2.24) is 20.3 Å². The van der Waals surface area contributed by atoms with Gasteiger partial charge in [-0.3, -0.25) is 0 Å². The van der Waals surface area contributed by atoms with Gasteiger partial charge in [0.15, 0.2) is 5.82 Å². The lowest BCUT2D eigenvalue weighted by atomic mass is 10.3. The molecule has 3 aromatic rings. The number of benzene rings is 1. The van der Waals surface area contributed by atoms with E-state index in [2.05, 4.69) is 30.2 Å². The number of fused-ring (bicyclic) bond motifs is 3. The largest absolute Gasteiger partial charge is 0.337 e. The van der Waals surface area contributed by atoms with E-state index in [-0.39, 0.29) is 0 Å². The number of rotatable bonds is 0. The van der Waals surface area contributed by atoms with Gasteiger partial charge in [0, 0.05) is 4.90 Å². The molecule has 17 heavy (non-hydrogen) atoms. The second-order valence-corrected chi connectivity index (χ2v) is 4.54. The van der Waals surface area contributed by atoms with E-state index < -0.39 is 0 Å². The highest BCUT2D eigenvalue weighted by Crippen LogP contribution is 2.42. The summed E-state index contributed by atoms with van der Waals surface area (Å²) in [6.45, 7) is 0. The fourth-order valence-electron chi connectivity index (χ4n) is 1.67. The zero-order valence-electron chi connectivity index (χ0n) is 8.41. The Bertz CT molecular complexity index is 667. The summed E-state index contributed by atoms with van der Waals surface area (Å²) in [5, 5.41) is 11.4. The van der Waals surface area contributed by atoms with Gasteiger partial charge in [-0.15, -0.1) is 0 Å². The monoisotopic (exact) mass is 243 g/mol. The number of hydrogen-bond acceptors (Lipinski definition) is 7. The average molecular weight is 243 g/mol. The van der Waals surface area contributed by atoms with Gasteiger partial charge in [0.25, 0.3) is 0 Å². The van der Waals surface area contributed by atoms with Crippen LogP contribution in [0.2, 0.25) is 0 Å². The number of aromatic nitrogens is 4. The lowest BCUT2D eigenvalue weighted by molar-refractivity contribution is 0.314. The molecule has 0 fully saturated rings. The molecule has 0 saturated carbocycles. The molecule has 4 rings (SSSR count). The lowest BCUT2D eigenvalue weighted by Gasteiger charge is -2.17. The second-order valence-electron chi connectivity index (χ2n) is 3.51. The molecule has 1 N–H and O–H groups in total. The summed E-state index contributed by atoms with van der Waals surface area (Å²) >= 11 is 1.56. The third kappa shape index (κ3) is 1.29. The zero-order valence-corrected chi connectivity index (χ0v) is 9.23. The fourth-order valence-corrected chi connectivity index (χ4v) is 2.58. The highest BCUT2D eigenvalue weighted by molar-refractivity contribution is 7.99. The van der Waals surface area contributed by atoms with Crippen molar-refractivity contribution in [1.29, 1.82) is 0 Å². The number of anilines is 2. The number of nitrogens with zero attached hydrogens (tertiary/aromatic N) is 4. The van der Waals surface area contributed by atoms with Crippen LogP contribution in [0.25, 0.3) is 11.3 Å². The van der Waals surface area contributed by atoms with Gasteiger partial charge < -0.3 is 5.32 Å². The quantitative estimate of drug-likeness (QED) is 0.507. The Hall–Kier alpha value is -2.15. The van der Waals surface area contributed by atoms with Crippen LogP contribution in [0.5, 0.6) is 0 Å². The second kappa shape index (κ2) is 3.17. The molecule has 3 heterocycles. The number of hydrogen-bond donors (Lipinski definition) is 1. The topological polar surface area (TPSA) is 76.7 Å². The average Bonchev–Trinajstić information content (AvgIpc) is 2.80. The molecule has 7 heteroatoms. The van der Waals surface area contributed by atoms with Crippen LogP contribution in [-0.2, 0) is 0 Å². The van der Waals surface area contributed by atoms with Crippen molar-refractivity contribution in [2.24, 2.45) is 0 Å². The van der Waals surface area contributed by atoms with Gasteiger partial charge >= 0.3 is 0 Å². The summed E-state index contributed by atoms with van der Waals surface area (Å²) in [5.41, 5.74) is 1.86. The summed E-state index contributed by atoms with van der Waals surface area (Å²) in [4.78, 5) is 9.77. The molecular weight excluding hydrogens is 238 g/mol.